The fourth-order valence-corrected chi connectivity index (χ4v) is 7.07. The lowest BCUT2D eigenvalue weighted by Crippen LogP contribution is -2.47. The highest BCUT2D eigenvalue weighted by Crippen LogP contribution is 2.52. The zero-order chi connectivity index (χ0) is 19.2. The van der Waals surface area contributed by atoms with Crippen molar-refractivity contribution in [1.82, 2.24) is 0 Å². The average Bonchev–Trinajstić information content (AvgIpc) is 3.03. The standard InChI is InChI=1S/C22H21NOS3/c1-14-9-11-16-17(13-14)23(18(24)12-10-15-7-5-4-6-8-15)22(2,3)20-19(16)21(25)27-26-20/h4-9,11,13H,10,12H2,1-3H3. The Morgan fingerprint density at radius 1 is 1.11 bits per heavy atom. The highest BCUT2D eigenvalue weighted by atomic mass is 32.9. The summed E-state index contributed by atoms with van der Waals surface area (Å²) in [5.74, 6) is 0.158. The van der Waals surface area contributed by atoms with Crippen molar-refractivity contribution in [3.05, 3.63) is 68.4 Å². The molecule has 1 amide bonds. The van der Waals surface area contributed by atoms with Crippen LogP contribution in [0, 0.1) is 10.7 Å². The number of amides is 1. The number of anilines is 1. The van der Waals surface area contributed by atoms with E-state index in [-0.39, 0.29) is 5.91 Å². The molecule has 4 rings (SSSR count). The molecule has 0 N–H and O–H groups in total. The van der Waals surface area contributed by atoms with Gasteiger partial charge in [-0.25, -0.2) is 0 Å². The molecule has 2 heterocycles. The maximum atomic E-state index is 13.4. The van der Waals surface area contributed by atoms with Crippen molar-refractivity contribution in [3.8, 4) is 11.1 Å². The maximum absolute atomic E-state index is 13.4. The first-order valence-corrected chi connectivity index (χ1v) is 11.6. The molecule has 3 aromatic rings. The first-order valence-electron chi connectivity index (χ1n) is 9.01. The summed E-state index contributed by atoms with van der Waals surface area (Å²) in [4.78, 5) is 16.6. The van der Waals surface area contributed by atoms with Gasteiger partial charge < -0.3 is 4.90 Å². The van der Waals surface area contributed by atoms with Crippen LogP contribution in [-0.2, 0) is 16.8 Å². The number of fused-ring (bicyclic) bond motifs is 3. The van der Waals surface area contributed by atoms with Crippen molar-refractivity contribution in [2.24, 2.45) is 0 Å². The molecule has 0 spiro atoms. The van der Waals surface area contributed by atoms with Gasteiger partial charge in [0.25, 0.3) is 0 Å². The van der Waals surface area contributed by atoms with Gasteiger partial charge in [-0.3, -0.25) is 4.79 Å². The van der Waals surface area contributed by atoms with Gasteiger partial charge in [0.2, 0.25) is 5.91 Å². The summed E-state index contributed by atoms with van der Waals surface area (Å²) >= 11 is 5.63. The Morgan fingerprint density at radius 2 is 1.85 bits per heavy atom. The van der Waals surface area contributed by atoms with Gasteiger partial charge in [0, 0.05) is 17.5 Å². The van der Waals surface area contributed by atoms with E-state index in [0.717, 1.165) is 32.6 Å². The van der Waals surface area contributed by atoms with Crippen LogP contribution in [0.5, 0.6) is 0 Å². The predicted molar refractivity (Wildman–Crippen MR) is 118 cm³/mol. The second-order valence-electron chi connectivity index (χ2n) is 7.45. The molecule has 1 aromatic heterocycles. The van der Waals surface area contributed by atoms with Crippen molar-refractivity contribution >= 4 is 44.5 Å². The van der Waals surface area contributed by atoms with Gasteiger partial charge in [-0.2, -0.15) is 0 Å². The lowest BCUT2D eigenvalue weighted by molar-refractivity contribution is -0.119. The smallest absolute Gasteiger partial charge is 0.228 e. The molecule has 5 heteroatoms. The van der Waals surface area contributed by atoms with Crippen LogP contribution in [0.1, 0.15) is 36.3 Å². The molecule has 2 aromatic carbocycles. The predicted octanol–water partition coefficient (Wildman–Crippen LogP) is 6.73. The Hall–Kier alpha value is -1.82. The van der Waals surface area contributed by atoms with Crippen LogP contribution >= 0.6 is 32.9 Å². The number of hydrogen-bond donors (Lipinski definition) is 0. The lowest BCUT2D eigenvalue weighted by atomic mass is 9.86. The first kappa shape index (κ1) is 18.5. The Labute approximate surface area is 172 Å². The van der Waals surface area contributed by atoms with E-state index in [1.807, 2.05) is 23.1 Å². The molecule has 0 radical (unpaired) electrons. The van der Waals surface area contributed by atoms with E-state index in [1.165, 1.54) is 10.4 Å². The van der Waals surface area contributed by atoms with Gasteiger partial charge in [-0.15, -0.1) is 0 Å². The maximum Gasteiger partial charge on any atom is 0.228 e. The zero-order valence-corrected chi connectivity index (χ0v) is 18.1. The minimum atomic E-state index is -0.401. The minimum absolute atomic E-state index is 0.158. The molecule has 1 aliphatic rings. The summed E-state index contributed by atoms with van der Waals surface area (Å²) in [5, 5.41) is 0. The van der Waals surface area contributed by atoms with E-state index in [2.05, 4.69) is 51.1 Å². The van der Waals surface area contributed by atoms with Crippen LogP contribution in [0.4, 0.5) is 5.69 Å². The van der Waals surface area contributed by atoms with E-state index in [9.17, 15) is 4.79 Å². The van der Waals surface area contributed by atoms with E-state index in [1.54, 1.807) is 20.7 Å². The third kappa shape index (κ3) is 3.18. The first-order chi connectivity index (χ1) is 12.9. The van der Waals surface area contributed by atoms with Gasteiger partial charge in [0.1, 0.15) is 3.82 Å². The van der Waals surface area contributed by atoms with Crippen LogP contribution in [0.15, 0.2) is 48.5 Å². The number of rotatable bonds is 3. The Balaban J connectivity index is 1.77. The number of carbonyl (C=O) groups is 1. The molecule has 0 fully saturated rings. The van der Waals surface area contributed by atoms with Crippen LogP contribution in [0.3, 0.4) is 0 Å². The summed E-state index contributed by atoms with van der Waals surface area (Å²) in [7, 11) is 3.34. The minimum Gasteiger partial charge on any atom is -0.301 e. The molecular weight excluding hydrogens is 390 g/mol. The quantitative estimate of drug-likeness (QED) is 0.352. The van der Waals surface area contributed by atoms with Crippen LogP contribution < -0.4 is 4.90 Å². The molecule has 0 saturated carbocycles. The fraction of sp³-hybridized carbons (Fsp3) is 0.273. The van der Waals surface area contributed by atoms with Crippen molar-refractivity contribution < 1.29 is 4.79 Å². The topological polar surface area (TPSA) is 20.3 Å². The monoisotopic (exact) mass is 411 g/mol. The van der Waals surface area contributed by atoms with E-state index in [4.69, 9.17) is 12.2 Å². The number of nitrogens with zero attached hydrogens (tertiary/aromatic N) is 1. The molecule has 0 bridgehead atoms. The summed E-state index contributed by atoms with van der Waals surface area (Å²) in [6.07, 6.45) is 1.24. The van der Waals surface area contributed by atoms with Crippen molar-refractivity contribution in [3.63, 3.8) is 0 Å². The summed E-state index contributed by atoms with van der Waals surface area (Å²) in [5.41, 5.74) is 5.16. The Kier molecular flexibility index (Phi) is 4.78. The average molecular weight is 412 g/mol. The molecule has 2 nitrogen and oxygen atoms in total. The molecule has 0 unspecified atom stereocenters. The highest BCUT2D eigenvalue weighted by Gasteiger charge is 2.42. The second-order valence-corrected chi connectivity index (χ2v) is 10.3. The molecular formula is C22H21NOS3. The van der Waals surface area contributed by atoms with E-state index < -0.39 is 5.54 Å². The summed E-state index contributed by atoms with van der Waals surface area (Å²) in [6, 6.07) is 16.5. The largest absolute Gasteiger partial charge is 0.301 e. The third-order valence-electron chi connectivity index (χ3n) is 5.13. The van der Waals surface area contributed by atoms with Gasteiger partial charge in [-0.05, 0) is 44.4 Å². The Morgan fingerprint density at radius 3 is 2.59 bits per heavy atom. The van der Waals surface area contributed by atoms with Gasteiger partial charge in [0.05, 0.1) is 16.1 Å². The normalized spacial score (nSPS) is 14.6. The number of hydrogen-bond acceptors (Lipinski definition) is 4. The highest BCUT2D eigenvalue weighted by molar-refractivity contribution is 7.80. The number of aryl methyl sites for hydroxylation is 2. The van der Waals surface area contributed by atoms with Gasteiger partial charge in [-0.1, -0.05) is 75.4 Å². The van der Waals surface area contributed by atoms with Crippen LogP contribution in [-0.4, -0.2) is 5.91 Å². The third-order valence-corrected chi connectivity index (χ3v) is 8.46. The van der Waals surface area contributed by atoms with Crippen molar-refractivity contribution in [2.75, 3.05) is 4.90 Å². The fourth-order valence-electron chi connectivity index (χ4n) is 3.79. The molecule has 0 aliphatic carbocycles. The second kappa shape index (κ2) is 6.97. The molecule has 1 aliphatic heterocycles. The Bertz CT molecular complexity index is 1060. The van der Waals surface area contributed by atoms with Crippen LogP contribution in [0.2, 0.25) is 0 Å². The summed E-state index contributed by atoms with van der Waals surface area (Å²) < 4.78 is 0.921. The van der Waals surface area contributed by atoms with Crippen LogP contribution in [0.25, 0.3) is 11.1 Å². The van der Waals surface area contributed by atoms with E-state index in [0.29, 0.717) is 6.42 Å². The SMILES string of the molecule is Cc1ccc2c(c1)N(C(=O)CCc1ccccc1)C(C)(C)c1ssc(=S)c1-2. The van der Waals surface area contributed by atoms with E-state index >= 15 is 0 Å². The summed E-state index contributed by atoms with van der Waals surface area (Å²) in [6.45, 7) is 6.34. The van der Waals surface area contributed by atoms with Crippen molar-refractivity contribution in [1.29, 1.82) is 0 Å². The van der Waals surface area contributed by atoms with Crippen molar-refractivity contribution in [2.45, 2.75) is 39.2 Å². The number of carbonyl (C=O) groups excluding carboxylic acids is 1. The molecule has 138 valence electrons. The molecule has 0 atom stereocenters. The zero-order valence-electron chi connectivity index (χ0n) is 15.6. The lowest BCUT2D eigenvalue weighted by Gasteiger charge is -2.43. The molecule has 0 saturated heterocycles. The molecule has 27 heavy (non-hydrogen) atoms. The van der Waals surface area contributed by atoms with Gasteiger partial charge >= 0.3 is 0 Å². The number of benzene rings is 2. The van der Waals surface area contributed by atoms with Gasteiger partial charge in [0.15, 0.2) is 0 Å².